The zero-order chi connectivity index (χ0) is 9.94. The molecule has 0 aliphatic heterocycles. The molecule has 0 heterocycles. The van der Waals surface area contributed by atoms with Crippen LogP contribution in [-0.4, -0.2) is 5.78 Å². The highest BCUT2D eigenvalue weighted by atomic mass is 16.1. The molecular formula is C11H22O. The molecule has 1 nitrogen and oxygen atoms in total. The van der Waals surface area contributed by atoms with Gasteiger partial charge in [-0.15, -0.1) is 0 Å². The summed E-state index contributed by atoms with van der Waals surface area (Å²) in [5.74, 6) is 1.10. The maximum Gasteiger partial charge on any atom is 0.141 e. The molecule has 0 N–H and O–H groups in total. The topological polar surface area (TPSA) is 17.1 Å². The highest BCUT2D eigenvalue weighted by molar-refractivity contribution is 5.85. The summed E-state index contributed by atoms with van der Waals surface area (Å²) in [6.45, 7) is 12.3. The van der Waals surface area contributed by atoms with Gasteiger partial charge in [0.1, 0.15) is 5.78 Å². The Balaban J connectivity index is 4.30. The van der Waals surface area contributed by atoms with Gasteiger partial charge in [0.2, 0.25) is 0 Å². The quantitative estimate of drug-likeness (QED) is 0.635. The molecule has 0 unspecified atom stereocenters. The van der Waals surface area contributed by atoms with Crippen molar-refractivity contribution in [3.05, 3.63) is 0 Å². The van der Waals surface area contributed by atoms with E-state index < -0.39 is 0 Å². The minimum Gasteiger partial charge on any atom is -0.299 e. The van der Waals surface area contributed by atoms with Crippen LogP contribution in [0.1, 0.15) is 48.0 Å². The lowest BCUT2D eigenvalue weighted by Crippen LogP contribution is -2.30. The molecule has 72 valence electrons. The van der Waals surface area contributed by atoms with Gasteiger partial charge < -0.3 is 0 Å². The van der Waals surface area contributed by atoms with E-state index >= 15 is 0 Å². The van der Waals surface area contributed by atoms with Gasteiger partial charge in [-0.3, -0.25) is 4.79 Å². The first-order valence-corrected chi connectivity index (χ1v) is 4.85. The van der Waals surface area contributed by atoms with Crippen LogP contribution < -0.4 is 0 Å². The second-order valence-corrected chi connectivity index (χ2v) is 4.79. The van der Waals surface area contributed by atoms with Crippen LogP contribution in [0, 0.1) is 17.3 Å². The molecule has 0 aliphatic rings. The van der Waals surface area contributed by atoms with Crippen LogP contribution in [-0.2, 0) is 4.79 Å². The Morgan fingerprint density at radius 3 is 1.92 bits per heavy atom. The standard InChI is InChI=1S/C11H22O/c1-7-8(2)9(3)10(12)11(4,5)6/h8-9H,7H2,1-6H3/t8-,9-/m0/s1. The van der Waals surface area contributed by atoms with Crippen LogP contribution in [0.2, 0.25) is 0 Å². The van der Waals surface area contributed by atoms with Crippen molar-refractivity contribution in [1.29, 1.82) is 0 Å². The van der Waals surface area contributed by atoms with Crippen LogP contribution in [0.4, 0.5) is 0 Å². The van der Waals surface area contributed by atoms with Gasteiger partial charge in [0.05, 0.1) is 0 Å². The van der Waals surface area contributed by atoms with Crippen molar-refractivity contribution < 1.29 is 4.79 Å². The van der Waals surface area contributed by atoms with Crippen molar-refractivity contribution in [2.24, 2.45) is 17.3 Å². The van der Waals surface area contributed by atoms with Crippen LogP contribution in [0.25, 0.3) is 0 Å². The average molecular weight is 170 g/mol. The first-order valence-electron chi connectivity index (χ1n) is 4.85. The zero-order valence-corrected chi connectivity index (χ0v) is 9.27. The van der Waals surface area contributed by atoms with E-state index in [1.807, 2.05) is 27.7 Å². The number of Topliss-reactive ketones (excluding diaryl/α,β-unsaturated/α-hetero) is 1. The number of hydrogen-bond acceptors (Lipinski definition) is 1. The maximum atomic E-state index is 11.8. The van der Waals surface area contributed by atoms with E-state index in [1.54, 1.807) is 0 Å². The van der Waals surface area contributed by atoms with Gasteiger partial charge in [-0.1, -0.05) is 48.0 Å². The summed E-state index contributed by atoms with van der Waals surface area (Å²) in [5, 5.41) is 0. The van der Waals surface area contributed by atoms with E-state index in [4.69, 9.17) is 0 Å². The van der Waals surface area contributed by atoms with Crippen molar-refractivity contribution in [3.8, 4) is 0 Å². The predicted octanol–water partition coefficient (Wildman–Crippen LogP) is 3.28. The van der Waals surface area contributed by atoms with E-state index in [0.29, 0.717) is 11.7 Å². The summed E-state index contributed by atoms with van der Waals surface area (Å²) in [5.41, 5.74) is -0.178. The second kappa shape index (κ2) is 4.06. The third-order valence-electron chi connectivity index (χ3n) is 2.65. The van der Waals surface area contributed by atoms with Gasteiger partial charge in [-0.25, -0.2) is 0 Å². The number of ketones is 1. The van der Waals surface area contributed by atoms with Crippen molar-refractivity contribution in [1.82, 2.24) is 0 Å². The average Bonchev–Trinajstić information content (AvgIpc) is 1.98. The molecule has 0 aliphatic carbocycles. The van der Waals surface area contributed by atoms with E-state index in [2.05, 4.69) is 13.8 Å². The van der Waals surface area contributed by atoms with E-state index in [9.17, 15) is 4.79 Å². The number of carbonyl (C=O) groups excluding carboxylic acids is 1. The van der Waals surface area contributed by atoms with Crippen molar-refractivity contribution in [3.63, 3.8) is 0 Å². The lowest BCUT2D eigenvalue weighted by molar-refractivity contribution is -0.131. The van der Waals surface area contributed by atoms with Crippen molar-refractivity contribution in [2.45, 2.75) is 48.0 Å². The minimum absolute atomic E-state index is 0.178. The zero-order valence-electron chi connectivity index (χ0n) is 9.27. The Labute approximate surface area is 76.6 Å². The Bertz CT molecular complexity index is 153. The first-order chi connectivity index (χ1) is 5.30. The molecule has 2 atom stereocenters. The molecule has 0 saturated carbocycles. The molecule has 0 saturated heterocycles. The number of carbonyl (C=O) groups is 1. The largest absolute Gasteiger partial charge is 0.299 e. The molecule has 0 amide bonds. The molecular weight excluding hydrogens is 148 g/mol. The molecule has 0 spiro atoms. The fourth-order valence-corrected chi connectivity index (χ4v) is 1.29. The number of hydrogen-bond donors (Lipinski definition) is 0. The van der Waals surface area contributed by atoms with Crippen LogP contribution in [0.5, 0.6) is 0 Å². The molecule has 0 rings (SSSR count). The van der Waals surface area contributed by atoms with Crippen molar-refractivity contribution >= 4 is 5.78 Å². The van der Waals surface area contributed by atoms with Gasteiger partial charge in [0.25, 0.3) is 0 Å². The Morgan fingerprint density at radius 2 is 1.67 bits per heavy atom. The number of rotatable bonds is 3. The first kappa shape index (κ1) is 11.7. The Kier molecular flexibility index (Phi) is 3.95. The van der Waals surface area contributed by atoms with Crippen LogP contribution >= 0.6 is 0 Å². The molecule has 0 aromatic rings. The Morgan fingerprint density at radius 1 is 1.25 bits per heavy atom. The minimum atomic E-state index is -0.178. The van der Waals surface area contributed by atoms with Crippen molar-refractivity contribution in [2.75, 3.05) is 0 Å². The Hall–Kier alpha value is -0.330. The van der Waals surface area contributed by atoms with E-state index in [1.165, 1.54) is 0 Å². The summed E-state index contributed by atoms with van der Waals surface area (Å²) in [6.07, 6.45) is 1.09. The molecule has 0 bridgehead atoms. The lowest BCUT2D eigenvalue weighted by Gasteiger charge is -2.25. The molecule has 12 heavy (non-hydrogen) atoms. The summed E-state index contributed by atoms with van der Waals surface area (Å²) >= 11 is 0. The SMILES string of the molecule is CC[C@H](C)[C@H](C)C(=O)C(C)(C)C. The normalized spacial score (nSPS) is 17.2. The van der Waals surface area contributed by atoms with Gasteiger partial charge >= 0.3 is 0 Å². The lowest BCUT2D eigenvalue weighted by atomic mass is 9.78. The van der Waals surface area contributed by atoms with Gasteiger partial charge in [0.15, 0.2) is 0 Å². The smallest absolute Gasteiger partial charge is 0.141 e. The third kappa shape index (κ3) is 2.96. The van der Waals surface area contributed by atoms with Crippen LogP contribution in [0.15, 0.2) is 0 Å². The highest BCUT2D eigenvalue weighted by Crippen LogP contribution is 2.25. The third-order valence-corrected chi connectivity index (χ3v) is 2.65. The molecule has 1 heteroatoms. The maximum absolute atomic E-state index is 11.8. The van der Waals surface area contributed by atoms with Crippen LogP contribution in [0.3, 0.4) is 0 Å². The van der Waals surface area contributed by atoms with Gasteiger partial charge in [-0.05, 0) is 5.92 Å². The fourth-order valence-electron chi connectivity index (χ4n) is 1.29. The summed E-state index contributed by atoms with van der Waals surface area (Å²) in [4.78, 5) is 11.8. The molecule has 0 fully saturated rings. The molecule has 0 aromatic carbocycles. The predicted molar refractivity (Wildman–Crippen MR) is 53.1 cm³/mol. The van der Waals surface area contributed by atoms with Gasteiger partial charge in [-0.2, -0.15) is 0 Å². The fraction of sp³-hybridized carbons (Fsp3) is 0.909. The monoisotopic (exact) mass is 170 g/mol. The molecule has 0 radical (unpaired) electrons. The summed E-state index contributed by atoms with van der Waals surface area (Å²) in [6, 6.07) is 0. The van der Waals surface area contributed by atoms with Gasteiger partial charge in [0, 0.05) is 11.3 Å². The van der Waals surface area contributed by atoms with E-state index in [0.717, 1.165) is 6.42 Å². The summed E-state index contributed by atoms with van der Waals surface area (Å²) in [7, 11) is 0. The molecule has 0 aromatic heterocycles. The van der Waals surface area contributed by atoms with E-state index in [-0.39, 0.29) is 11.3 Å². The second-order valence-electron chi connectivity index (χ2n) is 4.79. The highest BCUT2D eigenvalue weighted by Gasteiger charge is 2.28. The summed E-state index contributed by atoms with van der Waals surface area (Å²) < 4.78 is 0.